The third-order valence-corrected chi connectivity index (χ3v) is 4.49. The lowest BCUT2D eigenvalue weighted by Gasteiger charge is -2.19. The van der Waals surface area contributed by atoms with Crippen LogP contribution in [0.25, 0.3) is 0 Å². The number of halogens is 1. The van der Waals surface area contributed by atoms with Crippen molar-refractivity contribution in [2.45, 2.75) is 32.1 Å². The highest BCUT2D eigenvalue weighted by Crippen LogP contribution is 2.29. The Kier molecular flexibility index (Phi) is 6.58. The normalized spacial score (nSPS) is 20.4. The monoisotopic (exact) mass is 378 g/mol. The topological polar surface area (TPSA) is 0 Å². The standard InChI is InChI=1S/C19H23I/c1-2-16(17-9-5-3-6-10-17)15-19(13-14-20)18-11-7-4-8-12-18/h2,4-5,7,9-11,15,19H,1,3,6,8,12-14H2/b16-15+. The van der Waals surface area contributed by atoms with Crippen LogP contribution in [0.2, 0.25) is 0 Å². The number of hydrogen-bond acceptors (Lipinski definition) is 0. The van der Waals surface area contributed by atoms with Crippen molar-refractivity contribution in [1.82, 2.24) is 0 Å². The molecule has 0 nitrogen and oxygen atoms in total. The van der Waals surface area contributed by atoms with Crippen molar-refractivity contribution in [1.29, 1.82) is 0 Å². The Bertz CT molecular complexity index is 486. The predicted molar refractivity (Wildman–Crippen MR) is 98.2 cm³/mol. The molecule has 2 aliphatic rings. The van der Waals surface area contributed by atoms with Crippen LogP contribution in [0.1, 0.15) is 32.1 Å². The second-order valence-electron chi connectivity index (χ2n) is 5.26. The van der Waals surface area contributed by atoms with Gasteiger partial charge in [0.2, 0.25) is 0 Å². The fourth-order valence-corrected chi connectivity index (χ4v) is 3.42. The molecule has 0 aromatic heterocycles. The van der Waals surface area contributed by atoms with E-state index in [1.54, 1.807) is 5.57 Å². The van der Waals surface area contributed by atoms with Crippen molar-refractivity contribution in [3.63, 3.8) is 0 Å². The number of rotatable bonds is 6. The Hall–Kier alpha value is -0.830. The molecule has 0 fully saturated rings. The van der Waals surface area contributed by atoms with E-state index in [0.717, 1.165) is 6.42 Å². The van der Waals surface area contributed by atoms with Crippen LogP contribution >= 0.6 is 22.6 Å². The van der Waals surface area contributed by atoms with Crippen molar-refractivity contribution >= 4 is 22.6 Å². The quantitative estimate of drug-likeness (QED) is 0.298. The summed E-state index contributed by atoms with van der Waals surface area (Å²) in [6, 6.07) is 0. The van der Waals surface area contributed by atoms with Crippen LogP contribution in [0, 0.1) is 5.92 Å². The lowest BCUT2D eigenvalue weighted by molar-refractivity contribution is 0.690. The van der Waals surface area contributed by atoms with Gasteiger partial charge >= 0.3 is 0 Å². The Morgan fingerprint density at radius 2 is 2.20 bits per heavy atom. The van der Waals surface area contributed by atoms with E-state index in [0.29, 0.717) is 5.92 Å². The van der Waals surface area contributed by atoms with Gasteiger partial charge in [-0.2, -0.15) is 0 Å². The fourth-order valence-electron chi connectivity index (χ4n) is 2.75. The molecule has 20 heavy (non-hydrogen) atoms. The maximum atomic E-state index is 4.02. The van der Waals surface area contributed by atoms with E-state index in [4.69, 9.17) is 0 Å². The van der Waals surface area contributed by atoms with Crippen LogP contribution in [-0.4, -0.2) is 4.43 Å². The molecule has 1 heteroatoms. The zero-order chi connectivity index (χ0) is 14.2. The third-order valence-electron chi connectivity index (χ3n) is 3.87. The van der Waals surface area contributed by atoms with Crippen molar-refractivity contribution in [3.8, 4) is 0 Å². The van der Waals surface area contributed by atoms with Gasteiger partial charge in [-0.1, -0.05) is 83.4 Å². The molecule has 0 bridgehead atoms. The SMILES string of the molecule is C=C/C(=C\C(CCI)C1=CC=CCC1)C1=CCCC=C1. The van der Waals surface area contributed by atoms with Gasteiger partial charge in [0.15, 0.2) is 0 Å². The second kappa shape index (κ2) is 8.46. The van der Waals surface area contributed by atoms with Gasteiger partial charge in [-0.3, -0.25) is 0 Å². The largest absolute Gasteiger partial charge is 0.0985 e. The van der Waals surface area contributed by atoms with E-state index in [2.05, 4.69) is 71.7 Å². The summed E-state index contributed by atoms with van der Waals surface area (Å²) in [6.07, 6.45) is 24.0. The van der Waals surface area contributed by atoms with Crippen molar-refractivity contribution in [2.75, 3.05) is 4.43 Å². The highest BCUT2D eigenvalue weighted by molar-refractivity contribution is 14.1. The maximum absolute atomic E-state index is 4.02. The highest BCUT2D eigenvalue weighted by atomic mass is 127. The molecule has 0 aromatic carbocycles. The van der Waals surface area contributed by atoms with Crippen LogP contribution in [0.3, 0.4) is 0 Å². The first-order chi connectivity index (χ1) is 9.85. The molecule has 1 atom stereocenters. The Labute approximate surface area is 136 Å². The molecule has 0 amide bonds. The molecule has 0 aromatic rings. The molecule has 2 aliphatic carbocycles. The number of allylic oxidation sites excluding steroid dienone is 11. The zero-order valence-electron chi connectivity index (χ0n) is 12.0. The molecule has 106 valence electrons. The Balaban J connectivity index is 2.23. The van der Waals surface area contributed by atoms with Crippen LogP contribution in [0.4, 0.5) is 0 Å². The molecular weight excluding hydrogens is 355 g/mol. The lowest BCUT2D eigenvalue weighted by atomic mass is 9.86. The van der Waals surface area contributed by atoms with E-state index in [1.165, 1.54) is 41.3 Å². The summed E-state index contributed by atoms with van der Waals surface area (Å²) in [5, 5.41) is 0. The Morgan fingerprint density at radius 3 is 2.80 bits per heavy atom. The van der Waals surface area contributed by atoms with Gasteiger partial charge in [0, 0.05) is 4.43 Å². The highest BCUT2D eigenvalue weighted by Gasteiger charge is 2.13. The van der Waals surface area contributed by atoms with Crippen LogP contribution in [0.5, 0.6) is 0 Å². The predicted octanol–water partition coefficient (Wildman–Crippen LogP) is 6.09. The summed E-state index contributed by atoms with van der Waals surface area (Å²) < 4.78 is 1.19. The van der Waals surface area contributed by atoms with Gasteiger partial charge < -0.3 is 0 Å². The molecule has 0 spiro atoms. The lowest BCUT2D eigenvalue weighted by Crippen LogP contribution is -2.05. The zero-order valence-corrected chi connectivity index (χ0v) is 14.2. The summed E-state index contributed by atoms with van der Waals surface area (Å²) in [7, 11) is 0. The van der Waals surface area contributed by atoms with Crippen LogP contribution in [-0.2, 0) is 0 Å². The molecule has 2 rings (SSSR count). The van der Waals surface area contributed by atoms with Gasteiger partial charge in [0.05, 0.1) is 0 Å². The fraction of sp³-hybridized carbons (Fsp3) is 0.368. The van der Waals surface area contributed by atoms with E-state index in [1.807, 2.05) is 6.08 Å². The van der Waals surface area contributed by atoms with Crippen molar-refractivity contribution < 1.29 is 0 Å². The summed E-state index contributed by atoms with van der Waals surface area (Å²) >= 11 is 2.48. The van der Waals surface area contributed by atoms with E-state index in [-0.39, 0.29) is 0 Å². The molecule has 1 unspecified atom stereocenters. The third kappa shape index (κ3) is 4.34. The smallest absolute Gasteiger partial charge is 0.000397 e. The van der Waals surface area contributed by atoms with E-state index >= 15 is 0 Å². The molecule has 0 N–H and O–H groups in total. The average Bonchev–Trinajstić information content (AvgIpc) is 2.53. The average molecular weight is 378 g/mol. The molecule has 0 heterocycles. The van der Waals surface area contributed by atoms with Gasteiger partial charge in [-0.15, -0.1) is 0 Å². The van der Waals surface area contributed by atoms with Gasteiger partial charge in [0.1, 0.15) is 0 Å². The van der Waals surface area contributed by atoms with E-state index < -0.39 is 0 Å². The van der Waals surface area contributed by atoms with Gasteiger partial charge in [-0.25, -0.2) is 0 Å². The minimum Gasteiger partial charge on any atom is -0.0985 e. The first-order valence-corrected chi connectivity index (χ1v) is 9.00. The van der Waals surface area contributed by atoms with Crippen LogP contribution < -0.4 is 0 Å². The first kappa shape index (κ1) is 15.6. The minimum absolute atomic E-state index is 0.557. The van der Waals surface area contributed by atoms with Crippen molar-refractivity contribution in [3.05, 3.63) is 71.9 Å². The number of alkyl halides is 1. The maximum Gasteiger partial charge on any atom is 0.000397 e. The first-order valence-electron chi connectivity index (χ1n) is 7.48. The molecule has 0 saturated carbocycles. The van der Waals surface area contributed by atoms with Gasteiger partial charge in [0.25, 0.3) is 0 Å². The summed E-state index contributed by atoms with van der Waals surface area (Å²) in [5.41, 5.74) is 4.21. The van der Waals surface area contributed by atoms with E-state index in [9.17, 15) is 0 Å². The summed E-state index contributed by atoms with van der Waals surface area (Å²) in [4.78, 5) is 0. The molecule has 0 aliphatic heterocycles. The Morgan fingerprint density at radius 1 is 1.30 bits per heavy atom. The van der Waals surface area contributed by atoms with Gasteiger partial charge in [-0.05, 0) is 49.2 Å². The van der Waals surface area contributed by atoms with Crippen molar-refractivity contribution in [2.24, 2.45) is 5.92 Å². The molecule has 0 saturated heterocycles. The minimum atomic E-state index is 0.557. The molecule has 0 radical (unpaired) electrons. The second-order valence-corrected chi connectivity index (χ2v) is 6.34. The molecular formula is C19H23I. The number of hydrogen-bond donors (Lipinski definition) is 0. The summed E-state index contributed by atoms with van der Waals surface area (Å²) in [6.45, 7) is 4.02. The van der Waals surface area contributed by atoms with Crippen LogP contribution in [0.15, 0.2) is 71.9 Å². The summed E-state index contributed by atoms with van der Waals surface area (Å²) in [5.74, 6) is 0.557.